The Morgan fingerprint density at radius 3 is 2.27 bits per heavy atom. The average Bonchev–Trinajstić information content (AvgIpc) is 3.15. The summed E-state index contributed by atoms with van der Waals surface area (Å²) in [6.07, 6.45) is 5.05. The summed E-state index contributed by atoms with van der Waals surface area (Å²) in [6.45, 7) is 8.69. The molecule has 0 unspecified atom stereocenters. The molecule has 2 aliphatic rings. The molecule has 2 fully saturated rings. The fourth-order valence-corrected chi connectivity index (χ4v) is 3.13. The van der Waals surface area contributed by atoms with E-state index < -0.39 is 11.9 Å². The molecule has 0 aliphatic carbocycles. The lowest BCUT2D eigenvalue weighted by molar-refractivity contribution is -0.134. The topological polar surface area (TPSA) is 112 Å². The average molecular weight is 363 g/mol. The summed E-state index contributed by atoms with van der Waals surface area (Å²) in [5, 5.41) is 19.1. The number of pyridine rings is 1. The molecule has 0 amide bonds. The van der Waals surface area contributed by atoms with Crippen molar-refractivity contribution in [3.8, 4) is 5.75 Å². The number of carboxylic acids is 2. The highest BCUT2D eigenvalue weighted by Gasteiger charge is 2.36. The van der Waals surface area contributed by atoms with Gasteiger partial charge < -0.3 is 25.2 Å². The van der Waals surface area contributed by atoms with Crippen molar-refractivity contribution in [1.29, 1.82) is 0 Å². The summed E-state index contributed by atoms with van der Waals surface area (Å²) < 4.78 is 5.71. The van der Waals surface area contributed by atoms with Gasteiger partial charge >= 0.3 is 11.9 Å². The van der Waals surface area contributed by atoms with Crippen LogP contribution in [-0.4, -0.2) is 59.4 Å². The second kappa shape index (κ2) is 9.19. The maximum Gasteiger partial charge on any atom is 0.328 e. The Hall–Kier alpha value is -2.61. The molecule has 26 heavy (non-hydrogen) atoms. The SMILES string of the molecule is CC(C)Oc1cncc(N2C[C@H]3CNC[C@H]3C2)c1.O=C(O)/C=C/C(=O)O. The number of nitrogens with zero attached hydrogens (tertiary/aromatic N) is 2. The fraction of sp³-hybridized carbons (Fsp3) is 0.500. The van der Waals surface area contributed by atoms with Crippen LogP contribution in [-0.2, 0) is 9.59 Å². The van der Waals surface area contributed by atoms with Crippen LogP contribution in [0.15, 0.2) is 30.6 Å². The third-order valence-corrected chi connectivity index (χ3v) is 4.19. The van der Waals surface area contributed by atoms with E-state index in [0.717, 1.165) is 43.8 Å². The van der Waals surface area contributed by atoms with Crippen LogP contribution in [0.4, 0.5) is 5.69 Å². The van der Waals surface area contributed by atoms with Gasteiger partial charge in [-0.3, -0.25) is 4.98 Å². The van der Waals surface area contributed by atoms with E-state index in [4.69, 9.17) is 14.9 Å². The van der Waals surface area contributed by atoms with Crippen LogP contribution >= 0.6 is 0 Å². The van der Waals surface area contributed by atoms with Gasteiger partial charge in [-0.2, -0.15) is 0 Å². The lowest BCUT2D eigenvalue weighted by Crippen LogP contribution is -2.25. The summed E-state index contributed by atoms with van der Waals surface area (Å²) in [7, 11) is 0. The van der Waals surface area contributed by atoms with E-state index >= 15 is 0 Å². The van der Waals surface area contributed by atoms with Crippen LogP contribution in [0.3, 0.4) is 0 Å². The van der Waals surface area contributed by atoms with E-state index in [2.05, 4.69) is 21.3 Å². The highest BCUT2D eigenvalue weighted by Crippen LogP contribution is 2.31. The quantitative estimate of drug-likeness (QED) is 0.670. The number of aromatic nitrogens is 1. The molecule has 0 saturated carbocycles. The predicted octanol–water partition coefficient (Wildman–Crippen LogP) is 1.24. The number of fused-ring (bicyclic) bond motifs is 1. The van der Waals surface area contributed by atoms with Crippen molar-refractivity contribution in [2.45, 2.75) is 20.0 Å². The van der Waals surface area contributed by atoms with Crippen molar-refractivity contribution in [1.82, 2.24) is 10.3 Å². The summed E-state index contributed by atoms with van der Waals surface area (Å²) in [5.74, 6) is -0.0307. The summed E-state index contributed by atoms with van der Waals surface area (Å²) in [4.78, 5) is 25.8. The molecule has 0 radical (unpaired) electrons. The normalized spacial score (nSPS) is 21.4. The van der Waals surface area contributed by atoms with E-state index in [1.807, 2.05) is 20.0 Å². The summed E-state index contributed by atoms with van der Waals surface area (Å²) >= 11 is 0. The number of carbonyl (C=O) groups is 2. The molecule has 1 aromatic rings. The molecule has 142 valence electrons. The first-order valence-corrected chi connectivity index (χ1v) is 8.56. The van der Waals surface area contributed by atoms with Crippen LogP contribution in [0.5, 0.6) is 5.75 Å². The number of hydrogen-bond acceptors (Lipinski definition) is 6. The Morgan fingerprint density at radius 1 is 1.19 bits per heavy atom. The molecular formula is C18H25N3O5. The van der Waals surface area contributed by atoms with Gasteiger partial charge in [-0.05, 0) is 25.7 Å². The standard InChI is InChI=1S/C14H21N3O.C4H4O4/c1-10(2)18-14-3-13(6-16-7-14)17-8-11-4-15-5-12(11)9-17;5-3(6)1-2-4(7)8/h3,6-7,10-12,15H,4-5,8-9H2,1-2H3;1-2H,(H,5,6)(H,7,8)/b;2-1+/t11-,12+;. The van der Waals surface area contributed by atoms with Gasteiger partial charge in [0.25, 0.3) is 0 Å². The van der Waals surface area contributed by atoms with Gasteiger partial charge in [-0.15, -0.1) is 0 Å². The van der Waals surface area contributed by atoms with E-state index in [0.29, 0.717) is 12.2 Å². The minimum Gasteiger partial charge on any atom is -0.489 e. The molecule has 3 rings (SSSR count). The van der Waals surface area contributed by atoms with Gasteiger partial charge in [0.2, 0.25) is 0 Å². The fourth-order valence-electron chi connectivity index (χ4n) is 3.13. The molecule has 0 spiro atoms. The Kier molecular flexibility index (Phi) is 6.97. The number of anilines is 1. The molecule has 8 nitrogen and oxygen atoms in total. The van der Waals surface area contributed by atoms with E-state index in [1.54, 1.807) is 6.20 Å². The molecule has 0 aromatic carbocycles. The number of ether oxygens (including phenoxy) is 1. The molecule has 2 aliphatic heterocycles. The summed E-state index contributed by atoms with van der Waals surface area (Å²) in [6, 6.07) is 2.11. The number of hydrogen-bond donors (Lipinski definition) is 3. The van der Waals surface area contributed by atoms with E-state index in [9.17, 15) is 9.59 Å². The van der Waals surface area contributed by atoms with Gasteiger partial charge in [-0.25, -0.2) is 9.59 Å². The monoisotopic (exact) mass is 363 g/mol. The highest BCUT2D eigenvalue weighted by atomic mass is 16.5. The number of nitrogens with one attached hydrogen (secondary N) is 1. The van der Waals surface area contributed by atoms with Gasteiger partial charge in [-0.1, -0.05) is 0 Å². The molecule has 3 N–H and O–H groups in total. The van der Waals surface area contributed by atoms with Crippen molar-refractivity contribution in [3.63, 3.8) is 0 Å². The van der Waals surface area contributed by atoms with Crippen molar-refractivity contribution >= 4 is 17.6 Å². The Labute approximate surface area is 152 Å². The summed E-state index contributed by atoms with van der Waals surface area (Å²) in [5.41, 5.74) is 1.20. The maximum atomic E-state index is 9.55. The second-order valence-electron chi connectivity index (χ2n) is 6.64. The number of rotatable bonds is 5. The maximum absolute atomic E-state index is 9.55. The zero-order chi connectivity index (χ0) is 19.1. The minimum atomic E-state index is -1.26. The van der Waals surface area contributed by atoms with Crippen LogP contribution in [0.2, 0.25) is 0 Å². The van der Waals surface area contributed by atoms with Crippen molar-refractivity contribution < 1.29 is 24.5 Å². The van der Waals surface area contributed by atoms with Gasteiger partial charge in [0, 0.05) is 44.4 Å². The lowest BCUT2D eigenvalue weighted by Gasteiger charge is -2.20. The highest BCUT2D eigenvalue weighted by molar-refractivity contribution is 5.89. The molecule has 1 aromatic heterocycles. The van der Waals surface area contributed by atoms with Crippen LogP contribution in [0.1, 0.15) is 13.8 Å². The first kappa shape index (κ1) is 19.7. The molecule has 3 heterocycles. The Bertz CT molecular complexity index is 634. The Balaban J connectivity index is 0.000000260. The molecule has 0 bridgehead atoms. The van der Waals surface area contributed by atoms with Gasteiger partial charge in [0.05, 0.1) is 24.2 Å². The third-order valence-electron chi connectivity index (χ3n) is 4.19. The number of aliphatic carboxylic acids is 2. The first-order valence-electron chi connectivity index (χ1n) is 8.56. The second-order valence-corrected chi connectivity index (χ2v) is 6.64. The zero-order valence-corrected chi connectivity index (χ0v) is 15.0. The minimum absolute atomic E-state index is 0.198. The van der Waals surface area contributed by atoms with Crippen molar-refractivity contribution in [2.24, 2.45) is 11.8 Å². The molecule has 2 saturated heterocycles. The molecular weight excluding hydrogens is 338 g/mol. The van der Waals surface area contributed by atoms with Crippen LogP contribution in [0.25, 0.3) is 0 Å². The number of carboxylic acid groups (broad SMARTS) is 2. The molecule has 2 atom stereocenters. The lowest BCUT2D eigenvalue weighted by atomic mass is 10.0. The molecule has 8 heteroatoms. The largest absolute Gasteiger partial charge is 0.489 e. The van der Waals surface area contributed by atoms with E-state index in [1.165, 1.54) is 5.69 Å². The smallest absolute Gasteiger partial charge is 0.328 e. The van der Waals surface area contributed by atoms with E-state index in [-0.39, 0.29) is 6.10 Å². The Morgan fingerprint density at radius 2 is 1.77 bits per heavy atom. The third kappa shape index (κ3) is 6.03. The van der Waals surface area contributed by atoms with Gasteiger partial charge in [0.15, 0.2) is 0 Å². The zero-order valence-electron chi connectivity index (χ0n) is 15.0. The van der Waals surface area contributed by atoms with Crippen LogP contribution in [0, 0.1) is 11.8 Å². The first-order chi connectivity index (χ1) is 12.3. The van der Waals surface area contributed by atoms with Gasteiger partial charge in [0.1, 0.15) is 5.75 Å². The predicted molar refractivity (Wildman–Crippen MR) is 96.5 cm³/mol. The van der Waals surface area contributed by atoms with Crippen LogP contribution < -0.4 is 15.0 Å². The van der Waals surface area contributed by atoms with Crippen molar-refractivity contribution in [3.05, 3.63) is 30.6 Å². The van der Waals surface area contributed by atoms with Crippen molar-refractivity contribution in [2.75, 3.05) is 31.1 Å².